The maximum atomic E-state index is 12.7. The van der Waals surface area contributed by atoms with E-state index in [-0.39, 0.29) is 5.91 Å². The number of methoxy groups -OCH3 is 2. The number of hydrogen-bond acceptors (Lipinski definition) is 6. The standard InChI is InChI=1S/C19H24N4O3/c1-22-8-10-23(11-9-22)19(24)17-12-14(6-7-20-17)21-16-13-15(25-2)4-5-18(16)26-3/h4-7,12-13H,8-11H2,1-3H3,(H,20,21). The first kappa shape index (κ1) is 18.0. The lowest BCUT2D eigenvalue weighted by Gasteiger charge is -2.32. The number of piperazine rings is 1. The van der Waals surface area contributed by atoms with Crippen molar-refractivity contribution in [2.75, 3.05) is 52.8 Å². The Hall–Kier alpha value is -2.80. The summed E-state index contributed by atoms with van der Waals surface area (Å²) in [4.78, 5) is 21.0. The van der Waals surface area contributed by atoms with Gasteiger partial charge in [0.2, 0.25) is 0 Å². The van der Waals surface area contributed by atoms with Crippen LogP contribution >= 0.6 is 0 Å². The highest BCUT2D eigenvalue weighted by Crippen LogP contribution is 2.31. The van der Waals surface area contributed by atoms with Gasteiger partial charge in [0, 0.05) is 44.1 Å². The molecule has 0 spiro atoms. The van der Waals surface area contributed by atoms with Gasteiger partial charge in [0.1, 0.15) is 17.2 Å². The van der Waals surface area contributed by atoms with E-state index in [2.05, 4.69) is 22.2 Å². The maximum absolute atomic E-state index is 12.7. The molecule has 0 unspecified atom stereocenters. The van der Waals surface area contributed by atoms with E-state index in [1.165, 1.54) is 0 Å². The van der Waals surface area contributed by atoms with Crippen molar-refractivity contribution < 1.29 is 14.3 Å². The van der Waals surface area contributed by atoms with Gasteiger partial charge in [-0.2, -0.15) is 0 Å². The van der Waals surface area contributed by atoms with Crippen LogP contribution in [0.1, 0.15) is 10.5 Å². The van der Waals surface area contributed by atoms with Gasteiger partial charge in [-0.1, -0.05) is 0 Å². The number of likely N-dealkylation sites (N-methyl/N-ethyl adjacent to an activating group) is 1. The predicted molar refractivity (Wildman–Crippen MR) is 100 cm³/mol. The molecule has 1 saturated heterocycles. The van der Waals surface area contributed by atoms with Crippen LogP contribution in [0.4, 0.5) is 11.4 Å². The molecule has 1 aromatic carbocycles. The Kier molecular flexibility index (Phi) is 5.58. The van der Waals surface area contributed by atoms with Crippen molar-refractivity contribution in [1.82, 2.24) is 14.8 Å². The van der Waals surface area contributed by atoms with Crippen molar-refractivity contribution in [3.63, 3.8) is 0 Å². The SMILES string of the molecule is COc1ccc(OC)c(Nc2ccnc(C(=O)N3CCN(C)CC3)c2)c1. The Morgan fingerprint density at radius 3 is 2.54 bits per heavy atom. The first-order chi connectivity index (χ1) is 12.6. The van der Waals surface area contributed by atoms with Crippen LogP contribution in [0.15, 0.2) is 36.5 Å². The van der Waals surface area contributed by atoms with Crippen LogP contribution in [0.25, 0.3) is 0 Å². The number of nitrogens with zero attached hydrogens (tertiary/aromatic N) is 3. The number of carbonyl (C=O) groups excluding carboxylic acids is 1. The second kappa shape index (κ2) is 8.05. The Morgan fingerprint density at radius 1 is 1.08 bits per heavy atom. The van der Waals surface area contributed by atoms with E-state index in [1.54, 1.807) is 26.5 Å². The van der Waals surface area contributed by atoms with Crippen molar-refractivity contribution in [2.45, 2.75) is 0 Å². The van der Waals surface area contributed by atoms with Gasteiger partial charge in [0.25, 0.3) is 5.91 Å². The molecule has 1 N–H and O–H groups in total. The molecule has 0 aliphatic carbocycles. The van der Waals surface area contributed by atoms with Crippen molar-refractivity contribution in [3.05, 3.63) is 42.2 Å². The first-order valence-electron chi connectivity index (χ1n) is 8.53. The summed E-state index contributed by atoms with van der Waals surface area (Å²) in [5.41, 5.74) is 1.96. The first-order valence-corrected chi connectivity index (χ1v) is 8.53. The van der Waals surface area contributed by atoms with E-state index >= 15 is 0 Å². The minimum absolute atomic E-state index is 0.0423. The highest BCUT2D eigenvalue weighted by atomic mass is 16.5. The number of ether oxygens (including phenoxy) is 2. The van der Waals surface area contributed by atoms with Crippen LogP contribution in [0, 0.1) is 0 Å². The number of amides is 1. The molecule has 138 valence electrons. The molecule has 2 heterocycles. The molecule has 2 aromatic rings. The van der Waals surface area contributed by atoms with Crippen LogP contribution in [-0.4, -0.2) is 68.1 Å². The average molecular weight is 356 g/mol. The molecular formula is C19H24N4O3. The molecule has 1 aromatic heterocycles. The number of anilines is 2. The zero-order chi connectivity index (χ0) is 18.5. The van der Waals surface area contributed by atoms with Crippen LogP contribution < -0.4 is 14.8 Å². The predicted octanol–water partition coefficient (Wildman–Crippen LogP) is 2.23. The third kappa shape index (κ3) is 4.05. The summed E-state index contributed by atoms with van der Waals surface area (Å²) >= 11 is 0. The zero-order valence-electron chi connectivity index (χ0n) is 15.4. The van der Waals surface area contributed by atoms with Crippen LogP contribution in [0.3, 0.4) is 0 Å². The number of rotatable bonds is 5. The van der Waals surface area contributed by atoms with Gasteiger partial charge in [-0.15, -0.1) is 0 Å². The van der Waals surface area contributed by atoms with Gasteiger partial charge in [0.05, 0.1) is 19.9 Å². The number of carbonyl (C=O) groups is 1. The van der Waals surface area contributed by atoms with Crippen LogP contribution in [0.5, 0.6) is 11.5 Å². The summed E-state index contributed by atoms with van der Waals surface area (Å²) in [6, 6.07) is 9.10. The van der Waals surface area contributed by atoms with Crippen molar-refractivity contribution >= 4 is 17.3 Å². The Bertz CT molecular complexity index is 773. The fourth-order valence-electron chi connectivity index (χ4n) is 2.86. The van der Waals surface area contributed by atoms with Crippen molar-refractivity contribution in [2.24, 2.45) is 0 Å². The summed E-state index contributed by atoms with van der Waals surface area (Å²) in [5.74, 6) is 1.37. The van der Waals surface area contributed by atoms with E-state index < -0.39 is 0 Å². The molecule has 1 aliphatic rings. The Morgan fingerprint density at radius 2 is 1.85 bits per heavy atom. The lowest BCUT2D eigenvalue weighted by atomic mass is 10.2. The van der Waals surface area contributed by atoms with Gasteiger partial charge in [-0.25, -0.2) is 0 Å². The monoisotopic (exact) mass is 356 g/mol. The molecule has 0 saturated carbocycles. The van der Waals surface area contributed by atoms with Crippen LogP contribution in [-0.2, 0) is 0 Å². The van der Waals surface area contributed by atoms with Crippen LogP contribution in [0.2, 0.25) is 0 Å². The van der Waals surface area contributed by atoms with E-state index in [9.17, 15) is 4.79 Å². The summed E-state index contributed by atoms with van der Waals surface area (Å²) in [7, 11) is 5.29. The summed E-state index contributed by atoms with van der Waals surface area (Å²) in [6.45, 7) is 3.20. The largest absolute Gasteiger partial charge is 0.497 e. The van der Waals surface area contributed by atoms with Crippen molar-refractivity contribution in [3.8, 4) is 11.5 Å². The fourth-order valence-corrected chi connectivity index (χ4v) is 2.86. The van der Waals surface area contributed by atoms with Gasteiger partial charge < -0.3 is 24.6 Å². The number of benzene rings is 1. The molecule has 26 heavy (non-hydrogen) atoms. The summed E-state index contributed by atoms with van der Waals surface area (Å²) in [5, 5.41) is 3.28. The molecular weight excluding hydrogens is 332 g/mol. The molecule has 3 rings (SSSR count). The van der Waals surface area contributed by atoms with E-state index in [0.717, 1.165) is 43.3 Å². The molecule has 7 heteroatoms. The Balaban J connectivity index is 1.78. The second-order valence-corrected chi connectivity index (χ2v) is 6.22. The third-order valence-corrected chi connectivity index (χ3v) is 4.46. The molecule has 1 aliphatic heterocycles. The van der Waals surface area contributed by atoms with Gasteiger partial charge in [-0.05, 0) is 31.3 Å². The zero-order valence-corrected chi connectivity index (χ0v) is 15.4. The number of aromatic nitrogens is 1. The lowest BCUT2D eigenvalue weighted by Crippen LogP contribution is -2.47. The molecule has 7 nitrogen and oxygen atoms in total. The molecule has 0 atom stereocenters. The molecule has 0 bridgehead atoms. The van der Waals surface area contributed by atoms with Crippen molar-refractivity contribution in [1.29, 1.82) is 0 Å². The van der Waals surface area contributed by atoms with E-state index in [1.807, 2.05) is 29.2 Å². The summed E-state index contributed by atoms with van der Waals surface area (Å²) in [6.07, 6.45) is 1.64. The third-order valence-electron chi connectivity index (χ3n) is 4.46. The highest BCUT2D eigenvalue weighted by Gasteiger charge is 2.21. The van der Waals surface area contributed by atoms with E-state index in [4.69, 9.17) is 9.47 Å². The Labute approximate surface area is 153 Å². The van der Waals surface area contributed by atoms with Gasteiger partial charge in [0.15, 0.2) is 0 Å². The number of pyridine rings is 1. The normalized spacial score (nSPS) is 14.8. The fraction of sp³-hybridized carbons (Fsp3) is 0.368. The minimum Gasteiger partial charge on any atom is -0.497 e. The topological polar surface area (TPSA) is 66.9 Å². The molecule has 0 radical (unpaired) electrons. The van der Waals surface area contributed by atoms with Gasteiger partial charge >= 0.3 is 0 Å². The highest BCUT2D eigenvalue weighted by molar-refractivity contribution is 5.93. The van der Waals surface area contributed by atoms with E-state index in [0.29, 0.717) is 11.4 Å². The van der Waals surface area contributed by atoms with Gasteiger partial charge in [-0.3, -0.25) is 9.78 Å². The maximum Gasteiger partial charge on any atom is 0.272 e. The molecule has 1 amide bonds. The quantitative estimate of drug-likeness (QED) is 0.886. The molecule has 1 fully saturated rings. The summed E-state index contributed by atoms with van der Waals surface area (Å²) < 4.78 is 10.7. The smallest absolute Gasteiger partial charge is 0.272 e. The average Bonchev–Trinajstić information content (AvgIpc) is 2.68. The second-order valence-electron chi connectivity index (χ2n) is 6.22. The number of nitrogens with one attached hydrogen (secondary N) is 1. The number of hydrogen-bond donors (Lipinski definition) is 1. The lowest BCUT2D eigenvalue weighted by molar-refractivity contribution is 0.0658. The minimum atomic E-state index is -0.0423.